The Balaban J connectivity index is 0.00000116. The second-order valence-electron chi connectivity index (χ2n) is 8.17. The molecule has 0 aliphatic carbocycles. The number of hydrogen-bond acceptors (Lipinski definition) is 10. The number of hydrogen-bond donors (Lipinski definition) is 3. The molecule has 0 aromatic heterocycles. The summed E-state index contributed by atoms with van der Waals surface area (Å²) in [5.74, 6) is 0.417. The average molecular weight is 597 g/mol. The summed E-state index contributed by atoms with van der Waals surface area (Å²) in [5.41, 5.74) is 4.98. The number of anilines is 2. The summed E-state index contributed by atoms with van der Waals surface area (Å²) in [6.07, 6.45) is 0. The first-order valence-corrected chi connectivity index (χ1v) is 12.9. The number of aliphatic hydroxyl groups excluding tert-OH is 1. The van der Waals surface area contributed by atoms with Gasteiger partial charge in [0.25, 0.3) is 0 Å². The minimum atomic E-state index is -3.11. The van der Waals surface area contributed by atoms with Gasteiger partial charge in [0.15, 0.2) is 0 Å². The second kappa shape index (κ2) is 17.5. The molecular weight excluding hydrogens is 571 g/mol. The van der Waals surface area contributed by atoms with E-state index in [0.29, 0.717) is 39.7 Å². The first kappa shape index (κ1) is 33.9. The van der Waals surface area contributed by atoms with Gasteiger partial charge in [0, 0.05) is 17.3 Å². The first-order chi connectivity index (χ1) is 19.8. The summed E-state index contributed by atoms with van der Waals surface area (Å²) in [7, 11) is -1.61. The molecule has 210 valence electrons. The molecule has 2 amide bonds. The Kier molecular flexibility index (Phi) is 14.2. The normalized spacial score (nSPS) is 10.4. The molecule has 0 bridgehead atoms. The van der Waals surface area contributed by atoms with E-state index in [4.69, 9.17) is 17.4 Å². The van der Waals surface area contributed by atoms with Crippen molar-refractivity contribution in [3.8, 4) is 5.75 Å². The molecule has 0 atom stereocenters. The number of carbonyl (C=O) groups is 1. The van der Waals surface area contributed by atoms with Crippen LogP contribution in [0.5, 0.6) is 5.75 Å². The van der Waals surface area contributed by atoms with Crippen LogP contribution in [0, 0.1) is 13.0 Å². The molecule has 0 saturated heterocycles. The van der Waals surface area contributed by atoms with Crippen LogP contribution in [0.4, 0.5) is 38.9 Å². The van der Waals surface area contributed by atoms with E-state index in [0.717, 1.165) is 11.3 Å². The van der Waals surface area contributed by atoms with E-state index < -0.39 is 16.6 Å². The van der Waals surface area contributed by atoms with E-state index in [1.54, 1.807) is 48.5 Å². The van der Waals surface area contributed by atoms with Gasteiger partial charge >= 0.3 is 46.2 Å². The Morgan fingerprint density at radius 2 is 1.40 bits per heavy atom. The molecule has 0 aliphatic rings. The first-order valence-electron chi connectivity index (χ1n) is 11.9. The maximum absolute atomic E-state index is 12.7. The molecule has 42 heavy (non-hydrogen) atoms. The number of urea groups is 1. The fourth-order valence-electron chi connectivity index (χ4n) is 3.38. The third kappa shape index (κ3) is 11.3. The number of benzene rings is 4. The van der Waals surface area contributed by atoms with Crippen molar-refractivity contribution < 1.29 is 56.8 Å². The Hall–Kier alpha value is -4.27. The Morgan fingerprint density at radius 1 is 0.833 bits per heavy atom. The van der Waals surface area contributed by atoms with Gasteiger partial charge in [-0.2, -0.15) is 39.6 Å². The zero-order valence-corrected chi connectivity index (χ0v) is 25.8. The van der Waals surface area contributed by atoms with Crippen molar-refractivity contribution in [2.75, 3.05) is 17.7 Å². The molecule has 3 N–H and O–H groups in total. The van der Waals surface area contributed by atoms with Crippen molar-refractivity contribution in [2.24, 2.45) is 20.5 Å². The van der Waals surface area contributed by atoms with Crippen LogP contribution in [0.25, 0.3) is 0 Å². The molecule has 0 aliphatic heterocycles. The maximum atomic E-state index is 12.7. The number of carbonyl (C=O) groups excluding carboxylic acids is 1. The molecular formula is C28H25N6NaO6S. The van der Waals surface area contributed by atoms with Crippen LogP contribution in [-0.4, -0.2) is 30.9 Å². The summed E-state index contributed by atoms with van der Waals surface area (Å²) < 4.78 is 30.7. The van der Waals surface area contributed by atoms with Gasteiger partial charge < -0.3 is 20.5 Å². The van der Waals surface area contributed by atoms with Crippen molar-refractivity contribution in [1.82, 2.24) is 0 Å². The third-order valence-electron chi connectivity index (χ3n) is 5.19. The van der Waals surface area contributed by atoms with Crippen molar-refractivity contribution in [3.63, 3.8) is 0 Å². The summed E-state index contributed by atoms with van der Waals surface area (Å²) in [6.45, 7) is 1.69. The van der Waals surface area contributed by atoms with Crippen LogP contribution >= 0.6 is 0 Å². The number of azo groups is 2. The number of amides is 2. The molecule has 4 rings (SSSR count). The predicted molar refractivity (Wildman–Crippen MR) is 153 cm³/mol. The van der Waals surface area contributed by atoms with Crippen LogP contribution in [-0.2, 0) is 17.2 Å². The standard InChI is InChI=1S/C28H25N6O3.Na.O3S/c1-19-7-6-10-22(15-19)32-33-23-11-13-25(20(16-23)18-35)29-28(36)30-26-14-12-24(17-27(26)37-2)34-31-21-8-4-3-5-9-21;;1-4(2)3/h3-4,6-17,35H,18H2,1-2H3,(H2,29,30,36);;/q-1;+1;. The molecule has 0 radical (unpaired) electrons. The van der Waals surface area contributed by atoms with Crippen LogP contribution < -0.4 is 44.9 Å². The summed E-state index contributed by atoms with van der Waals surface area (Å²) in [6, 6.07) is 27.3. The smallest absolute Gasteiger partial charge is 0.494 e. The van der Waals surface area contributed by atoms with Crippen LogP contribution in [0.3, 0.4) is 0 Å². The minimum absolute atomic E-state index is 0. The van der Waals surface area contributed by atoms with E-state index in [2.05, 4.69) is 37.2 Å². The average Bonchev–Trinajstić information content (AvgIpc) is 2.96. The summed E-state index contributed by atoms with van der Waals surface area (Å²) in [4.78, 5) is 12.7. The van der Waals surface area contributed by atoms with E-state index in [1.165, 1.54) is 7.11 Å². The molecule has 4 aromatic rings. The summed E-state index contributed by atoms with van der Waals surface area (Å²) >= 11 is 0. The van der Waals surface area contributed by atoms with Crippen LogP contribution in [0.1, 0.15) is 11.1 Å². The minimum Gasteiger partial charge on any atom is -0.494 e. The second-order valence-corrected chi connectivity index (χ2v) is 8.58. The van der Waals surface area contributed by atoms with Crippen molar-refractivity contribution >= 4 is 50.8 Å². The Morgan fingerprint density at radius 3 is 2.00 bits per heavy atom. The molecule has 4 aromatic carbocycles. The largest absolute Gasteiger partial charge is 1.00 e. The monoisotopic (exact) mass is 596 g/mol. The van der Waals surface area contributed by atoms with Gasteiger partial charge in [0.05, 0.1) is 36.5 Å². The molecule has 0 spiro atoms. The van der Waals surface area contributed by atoms with Gasteiger partial charge in [-0.25, -0.2) is 9.91 Å². The molecule has 0 fully saturated rings. The van der Waals surface area contributed by atoms with Gasteiger partial charge in [0.1, 0.15) is 5.75 Å². The van der Waals surface area contributed by atoms with Crippen molar-refractivity contribution in [3.05, 3.63) is 102 Å². The number of aliphatic hydroxyl groups is 1. The number of nitrogens with one attached hydrogen (secondary N) is 2. The molecule has 14 heteroatoms. The van der Waals surface area contributed by atoms with E-state index >= 15 is 0 Å². The fraction of sp³-hybridized carbons (Fsp3) is 0.107. The number of rotatable bonds is 8. The molecule has 0 heterocycles. The van der Waals surface area contributed by atoms with Gasteiger partial charge in [-0.15, -0.1) is 18.7 Å². The van der Waals surface area contributed by atoms with E-state index in [-0.39, 0.29) is 36.2 Å². The van der Waals surface area contributed by atoms with Crippen LogP contribution in [0.15, 0.2) is 105 Å². The Bertz CT molecular complexity index is 1660. The van der Waals surface area contributed by atoms with E-state index in [1.807, 2.05) is 43.3 Å². The maximum Gasteiger partial charge on any atom is 1.00 e. The van der Waals surface area contributed by atoms with E-state index in [9.17, 15) is 9.90 Å². The fourth-order valence-corrected chi connectivity index (χ4v) is 3.38. The van der Waals surface area contributed by atoms with Crippen molar-refractivity contribution in [2.45, 2.75) is 13.5 Å². The third-order valence-corrected chi connectivity index (χ3v) is 5.19. The quantitative estimate of drug-likeness (QED) is 0.159. The molecule has 0 saturated carbocycles. The zero-order valence-electron chi connectivity index (χ0n) is 23.0. The number of ether oxygens (including phenoxy) is 1. The zero-order chi connectivity index (χ0) is 29.6. The van der Waals surface area contributed by atoms with Crippen LogP contribution in [0.2, 0.25) is 0 Å². The van der Waals surface area contributed by atoms with Gasteiger partial charge in [-0.3, -0.25) is 0 Å². The van der Waals surface area contributed by atoms with Gasteiger partial charge in [0.2, 0.25) is 0 Å². The van der Waals surface area contributed by atoms with Gasteiger partial charge in [-0.05, 0) is 60.6 Å². The molecule has 12 nitrogen and oxygen atoms in total. The number of methoxy groups -OCH3 is 1. The SMILES string of the molecule is COc1cc(N=Nc2c[c-]ccc2)ccc1NC(=O)Nc1ccc(N=Nc2cccc(C)c2)cc1CO.O=S(=O)=O.[Na+]. The van der Waals surface area contributed by atoms with Crippen molar-refractivity contribution in [1.29, 1.82) is 0 Å². The molecule has 0 unspecified atom stereocenters. The van der Waals surface area contributed by atoms with Gasteiger partial charge in [-0.1, -0.05) is 12.1 Å². The predicted octanol–water partition coefficient (Wildman–Crippen LogP) is 3.77. The Labute approximate surface area is 265 Å². The topological polar surface area (TPSA) is 171 Å². The number of aryl methyl sites for hydroxylation is 1. The summed E-state index contributed by atoms with van der Waals surface area (Å²) in [5, 5.41) is 32.1. The number of nitrogens with zero attached hydrogens (tertiary/aromatic N) is 4.